The van der Waals surface area contributed by atoms with Crippen LogP contribution >= 0.6 is 0 Å². The Morgan fingerprint density at radius 1 is 0.926 bits per heavy atom. The van der Waals surface area contributed by atoms with E-state index in [1.165, 1.54) is 11.1 Å². The largest absolute Gasteiger partial charge is 0.481 e. The van der Waals surface area contributed by atoms with Gasteiger partial charge in [0.1, 0.15) is 5.75 Å². The molecule has 3 rings (SSSR count). The summed E-state index contributed by atoms with van der Waals surface area (Å²) in [6.45, 7) is 8.42. The summed E-state index contributed by atoms with van der Waals surface area (Å²) in [6.07, 6.45) is 1.28. The third-order valence-corrected chi connectivity index (χ3v) is 5.19. The average Bonchev–Trinajstić information content (AvgIpc) is 2.73. The minimum atomic E-state index is -0.404. The second kappa shape index (κ2) is 9.56. The molecule has 0 unspecified atom stereocenters. The number of carbonyl (C=O) groups is 1. The lowest BCUT2D eigenvalue weighted by Crippen LogP contribution is -2.52. The molecule has 0 N–H and O–H groups in total. The van der Waals surface area contributed by atoms with Crippen LogP contribution in [0.15, 0.2) is 54.6 Å². The molecule has 4 heteroatoms. The molecular formula is C23H30N2O2. The predicted octanol–water partition coefficient (Wildman–Crippen LogP) is 3.75. The summed E-state index contributed by atoms with van der Waals surface area (Å²) in [5, 5.41) is 0. The molecule has 1 aliphatic rings. The Kier molecular flexibility index (Phi) is 6.88. The molecule has 1 fully saturated rings. The molecule has 0 saturated carbocycles. The van der Waals surface area contributed by atoms with E-state index in [9.17, 15) is 4.79 Å². The molecule has 0 aromatic heterocycles. The molecule has 2 aromatic rings. The highest BCUT2D eigenvalue weighted by molar-refractivity contribution is 5.81. The first-order chi connectivity index (χ1) is 13.2. The fourth-order valence-electron chi connectivity index (χ4n) is 3.45. The van der Waals surface area contributed by atoms with Gasteiger partial charge in [-0.25, -0.2) is 0 Å². The van der Waals surface area contributed by atoms with Crippen LogP contribution in [0.1, 0.15) is 31.4 Å². The van der Waals surface area contributed by atoms with Crippen LogP contribution in [0, 0.1) is 0 Å². The maximum absolute atomic E-state index is 12.9. The monoisotopic (exact) mass is 366 g/mol. The van der Waals surface area contributed by atoms with E-state index in [-0.39, 0.29) is 5.91 Å². The number of amides is 1. The van der Waals surface area contributed by atoms with Gasteiger partial charge in [0, 0.05) is 32.7 Å². The molecule has 0 bridgehead atoms. The Bertz CT molecular complexity index is 707. The summed E-state index contributed by atoms with van der Waals surface area (Å²) < 4.78 is 6.00. The normalized spacial score (nSPS) is 16.1. The molecule has 27 heavy (non-hydrogen) atoms. The van der Waals surface area contributed by atoms with Gasteiger partial charge in [0.2, 0.25) is 0 Å². The van der Waals surface area contributed by atoms with E-state index in [0.717, 1.165) is 44.9 Å². The Balaban J connectivity index is 1.52. The van der Waals surface area contributed by atoms with Gasteiger partial charge in [-0.2, -0.15) is 0 Å². The minimum Gasteiger partial charge on any atom is -0.481 e. The number of hydrogen-bond donors (Lipinski definition) is 0. The SMILES string of the molecule is CCc1ccc(O[C@@H](CC)C(=O)N2CCN(Cc3ccccc3)CC2)cc1. The van der Waals surface area contributed by atoms with Crippen molar-refractivity contribution in [2.45, 2.75) is 39.3 Å². The third kappa shape index (κ3) is 5.33. The van der Waals surface area contributed by atoms with Crippen molar-refractivity contribution in [3.63, 3.8) is 0 Å². The molecule has 1 aliphatic heterocycles. The fraction of sp³-hybridized carbons (Fsp3) is 0.435. The second-order valence-electron chi connectivity index (χ2n) is 7.10. The topological polar surface area (TPSA) is 32.8 Å². The van der Waals surface area contributed by atoms with Crippen LogP contribution < -0.4 is 4.74 Å². The first-order valence-electron chi connectivity index (χ1n) is 10.00. The van der Waals surface area contributed by atoms with E-state index in [1.807, 2.05) is 30.0 Å². The quantitative estimate of drug-likeness (QED) is 0.748. The van der Waals surface area contributed by atoms with E-state index in [4.69, 9.17) is 4.74 Å². The molecular weight excluding hydrogens is 336 g/mol. The summed E-state index contributed by atoms with van der Waals surface area (Å²) >= 11 is 0. The number of piperazine rings is 1. The van der Waals surface area contributed by atoms with E-state index >= 15 is 0 Å². The van der Waals surface area contributed by atoms with Crippen molar-refractivity contribution >= 4 is 5.91 Å². The van der Waals surface area contributed by atoms with Crippen LogP contribution in [0.4, 0.5) is 0 Å². The van der Waals surface area contributed by atoms with Gasteiger partial charge in [0.15, 0.2) is 6.10 Å². The zero-order valence-corrected chi connectivity index (χ0v) is 16.4. The minimum absolute atomic E-state index is 0.108. The van der Waals surface area contributed by atoms with Crippen LogP contribution in [-0.2, 0) is 17.8 Å². The van der Waals surface area contributed by atoms with Crippen molar-refractivity contribution in [1.82, 2.24) is 9.80 Å². The van der Waals surface area contributed by atoms with Crippen molar-refractivity contribution in [3.05, 3.63) is 65.7 Å². The van der Waals surface area contributed by atoms with Crippen molar-refractivity contribution in [2.24, 2.45) is 0 Å². The lowest BCUT2D eigenvalue weighted by atomic mass is 10.1. The highest BCUT2D eigenvalue weighted by Crippen LogP contribution is 2.17. The maximum atomic E-state index is 12.9. The fourth-order valence-corrected chi connectivity index (χ4v) is 3.45. The summed E-state index contributed by atoms with van der Waals surface area (Å²) in [5.74, 6) is 0.881. The summed E-state index contributed by atoms with van der Waals surface area (Å²) in [6, 6.07) is 18.6. The first kappa shape index (κ1) is 19.4. The number of hydrogen-bond acceptors (Lipinski definition) is 3. The summed E-state index contributed by atoms with van der Waals surface area (Å²) in [4.78, 5) is 17.3. The van der Waals surface area contributed by atoms with E-state index in [0.29, 0.717) is 6.42 Å². The molecule has 144 valence electrons. The van der Waals surface area contributed by atoms with Gasteiger partial charge in [-0.05, 0) is 36.1 Å². The zero-order valence-electron chi connectivity index (χ0n) is 16.4. The Labute approximate surface area is 162 Å². The van der Waals surface area contributed by atoms with E-state index in [1.54, 1.807) is 0 Å². The molecule has 0 aliphatic carbocycles. The number of aryl methyl sites for hydroxylation is 1. The van der Waals surface area contributed by atoms with Crippen molar-refractivity contribution in [2.75, 3.05) is 26.2 Å². The van der Waals surface area contributed by atoms with Crippen molar-refractivity contribution in [3.8, 4) is 5.75 Å². The second-order valence-corrected chi connectivity index (χ2v) is 7.10. The third-order valence-electron chi connectivity index (χ3n) is 5.19. The molecule has 1 saturated heterocycles. The van der Waals surface area contributed by atoms with Gasteiger partial charge >= 0.3 is 0 Å². The molecule has 0 spiro atoms. The van der Waals surface area contributed by atoms with Crippen LogP contribution in [0.3, 0.4) is 0 Å². The number of benzene rings is 2. The van der Waals surface area contributed by atoms with Gasteiger partial charge < -0.3 is 9.64 Å². The van der Waals surface area contributed by atoms with Crippen LogP contribution in [0.5, 0.6) is 5.75 Å². The molecule has 1 amide bonds. The molecule has 4 nitrogen and oxygen atoms in total. The van der Waals surface area contributed by atoms with Crippen molar-refractivity contribution in [1.29, 1.82) is 0 Å². The lowest BCUT2D eigenvalue weighted by Gasteiger charge is -2.36. The number of rotatable bonds is 7. The lowest BCUT2D eigenvalue weighted by molar-refractivity contribution is -0.140. The van der Waals surface area contributed by atoms with Crippen LogP contribution in [0.25, 0.3) is 0 Å². The Morgan fingerprint density at radius 2 is 1.59 bits per heavy atom. The van der Waals surface area contributed by atoms with Gasteiger partial charge in [-0.15, -0.1) is 0 Å². The van der Waals surface area contributed by atoms with Crippen LogP contribution in [0.2, 0.25) is 0 Å². The average molecular weight is 367 g/mol. The highest BCUT2D eigenvalue weighted by atomic mass is 16.5. The number of carbonyl (C=O) groups excluding carboxylic acids is 1. The predicted molar refractivity (Wildman–Crippen MR) is 109 cm³/mol. The highest BCUT2D eigenvalue weighted by Gasteiger charge is 2.27. The van der Waals surface area contributed by atoms with Gasteiger partial charge in [0.05, 0.1) is 0 Å². The van der Waals surface area contributed by atoms with Gasteiger partial charge in [-0.1, -0.05) is 56.3 Å². The summed E-state index contributed by atoms with van der Waals surface area (Å²) in [5.41, 5.74) is 2.60. The number of ether oxygens (including phenoxy) is 1. The zero-order chi connectivity index (χ0) is 19.1. The van der Waals surface area contributed by atoms with Gasteiger partial charge in [0.25, 0.3) is 5.91 Å². The Morgan fingerprint density at radius 3 is 2.19 bits per heavy atom. The van der Waals surface area contributed by atoms with Crippen LogP contribution in [-0.4, -0.2) is 48.0 Å². The number of nitrogens with zero attached hydrogens (tertiary/aromatic N) is 2. The molecule has 1 atom stereocenters. The molecule has 1 heterocycles. The smallest absolute Gasteiger partial charge is 0.263 e. The standard InChI is InChI=1S/C23H30N2O2/c1-3-19-10-12-21(13-11-19)27-22(4-2)23(26)25-16-14-24(15-17-25)18-20-8-6-5-7-9-20/h5-13,22H,3-4,14-18H2,1-2H3/t22-/m0/s1. The van der Waals surface area contributed by atoms with Gasteiger partial charge in [-0.3, -0.25) is 9.69 Å². The van der Waals surface area contributed by atoms with Crippen molar-refractivity contribution < 1.29 is 9.53 Å². The molecule has 0 radical (unpaired) electrons. The van der Waals surface area contributed by atoms with E-state index in [2.05, 4.69) is 48.2 Å². The Hall–Kier alpha value is -2.33. The summed E-state index contributed by atoms with van der Waals surface area (Å²) in [7, 11) is 0. The van der Waals surface area contributed by atoms with E-state index < -0.39 is 6.10 Å². The maximum Gasteiger partial charge on any atom is 0.263 e. The molecule has 2 aromatic carbocycles. The first-order valence-corrected chi connectivity index (χ1v) is 10.00.